The number of hydrazine groups is 1. The molecule has 3 aromatic rings. The lowest BCUT2D eigenvalue weighted by Gasteiger charge is -2.26. The molecule has 1 saturated heterocycles. The van der Waals surface area contributed by atoms with Crippen LogP contribution in [-0.2, 0) is 17.7 Å². The number of morpholine rings is 1. The molecule has 1 aromatic heterocycles. The first-order valence-corrected chi connectivity index (χ1v) is 10.4. The Morgan fingerprint density at radius 1 is 1.21 bits per heavy atom. The summed E-state index contributed by atoms with van der Waals surface area (Å²) in [6.45, 7) is 5.41. The highest BCUT2D eigenvalue weighted by Crippen LogP contribution is 2.23. The number of aromatic nitrogens is 2. The molecule has 1 aliphatic heterocycles. The number of aryl methyl sites for hydroxylation is 1. The Balaban J connectivity index is 1.67. The minimum atomic E-state index is -0.115. The van der Waals surface area contributed by atoms with Gasteiger partial charge in [0.25, 0.3) is 5.91 Å². The highest BCUT2D eigenvalue weighted by molar-refractivity contribution is 6.31. The molecule has 6 nitrogen and oxygen atoms in total. The van der Waals surface area contributed by atoms with Crippen molar-refractivity contribution in [2.75, 3.05) is 26.3 Å². The summed E-state index contributed by atoms with van der Waals surface area (Å²) < 4.78 is 7.51. The molecule has 1 aliphatic rings. The van der Waals surface area contributed by atoms with Crippen molar-refractivity contribution < 1.29 is 9.53 Å². The molecule has 0 spiro atoms. The molecule has 1 amide bonds. The Kier molecular flexibility index (Phi) is 6.13. The summed E-state index contributed by atoms with van der Waals surface area (Å²) in [6.07, 6.45) is 1.87. The summed E-state index contributed by atoms with van der Waals surface area (Å²) in [5.41, 5.74) is 6.47. The highest BCUT2D eigenvalue weighted by atomic mass is 35.5. The third kappa shape index (κ3) is 4.45. The first-order chi connectivity index (χ1) is 14.2. The quantitative estimate of drug-likeness (QED) is 0.671. The van der Waals surface area contributed by atoms with Crippen LogP contribution in [0, 0.1) is 0 Å². The maximum atomic E-state index is 12.8. The van der Waals surface area contributed by atoms with Gasteiger partial charge in [0.2, 0.25) is 0 Å². The predicted octanol–water partition coefficient (Wildman–Crippen LogP) is 3.67. The van der Waals surface area contributed by atoms with Crippen molar-refractivity contribution >= 4 is 28.5 Å². The zero-order valence-electron chi connectivity index (χ0n) is 16.5. The number of carbonyl (C=O) groups is 1. The van der Waals surface area contributed by atoms with Gasteiger partial charge in [-0.05, 0) is 36.2 Å². The predicted molar refractivity (Wildman–Crippen MR) is 114 cm³/mol. The van der Waals surface area contributed by atoms with Gasteiger partial charge in [0.15, 0.2) is 0 Å². The lowest BCUT2D eigenvalue weighted by molar-refractivity contribution is 0.0126. The van der Waals surface area contributed by atoms with Crippen LogP contribution in [0.2, 0.25) is 5.02 Å². The fraction of sp³-hybridized carbons (Fsp3) is 0.364. The number of hydrogen-bond donors (Lipinski definition) is 1. The van der Waals surface area contributed by atoms with Gasteiger partial charge in [-0.15, -0.1) is 0 Å². The molecule has 0 aliphatic carbocycles. The molecule has 29 heavy (non-hydrogen) atoms. The first-order valence-electron chi connectivity index (χ1n) is 10.0. The van der Waals surface area contributed by atoms with Crippen LogP contribution in [-0.4, -0.2) is 46.8 Å². The molecule has 0 atom stereocenters. The minimum absolute atomic E-state index is 0.115. The number of rotatable bonds is 6. The molecule has 4 rings (SSSR count). The van der Waals surface area contributed by atoms with Gasteiger partial charge in [0, 0.05) is 30.1 Å². The summed E-state index contributed by atoms with van der Waals surface area (Å²) in [6, 6.07) is 13.5. The van der Waals surface area contributed by atoms with Gasteiger partial charge in [-0.1, -0.05) is 36.7 Å². The van der Waals surface area contributed by atoms with Crippen molar-refractivity contribution in [3.63, 3.8) is 0 Å². The second kappa shape index (κ2) is 8.95. The molecule has 1 N–H and O–H groups in total. The smallest absolute Gasteiger partial charge is 0.265 e. The van der Waals surface area contributed by atoms with Crippen molar-refractivity contribution in [2.45, 2.75) is 26.3 Å². The average molecular weight is 413 g/mol. The number of carbonyl (C=O) groups excluding carboxylic acids is 1. The van der Waals surface area contributed by atoms with Gasteiger partial charge < -0.3 is 9.30 Å². The number of nitrogens with zero attached hydrogens (tertiary/aromatic N) is 3. The third-order valence-electron chi connectivity index (χ3n) is 5.12. The minimum Gasteiger partial charge on any atom is -0.379 e. The van der Waals surface area contributed by atoms with E-state index in [1.54, 1.807) is 0 Å². The number of hydrogen-bond acceptors (Lipinski definition) is 4. The van der Waals surface area contributed by atoms with E-state index in [0.717, 1.165) is 40.3 Å². The van der Waals surface area contributed by atoms with E-state index in [1.807, 2.05) is 47.5 Å². The van der Waals surface area contributed by atoms with Crippen LogP contribution in [0.4, 0.5) is 0 Å². The molecule has 2 heterocycles. The van der Waals surface area contributed by atoms with Gasteiger partial charge in [-0.2, -0.15) is 0 Å². The summed E-state index contributed by atoms with van der Waals surface area (Å²) in [5.74, 6) is 0.893. The number of benzene rings is 2. The average Bonchev–Trinajstić information content (AvgIpc) is 3.07. The van der Waals surface area contributed by atoms with Crippen LogP contribution >= 0.6 is 11.6 Å². The van der Waals surface area contributed by atoms with Crippen molar-refractivity contribution in [3.8, 4) is 0 Å². The standard InChI is InChI=1S/C22H25ClN4O2/c1-2-5-21-24-19-9-8-16(22(28)25-26-10-12-29-13-11-26)14-20(19)27(21)15-17-6-3-4-7-18(17)23/h3-4,6-9,14H,2,5,10-13,15H2,1H3,(H,25,28). The second-order valence-electron chi connectivity index (χ2n) is 7.20. The molecular weight excluding hydrogens is 388 g/mol. The molecular formula is C22H25ClN4O2. The molecule has 0 saturated carbocycles. The molecule has 0 unspecified atom stereocenters. The van der Waals surface area contributed by atoms with Gasteiger partial charge in [0.05, 0.1) is 30.8 Å². The number of halogens is 1. The maximum absolute atomic E-state index is 12.8. The fourth-order valence-corrected chi connectivity index (χ4v) is 3.78. The Morgan fingerprint density at radius 3 is 2.76 bits per heavy atom. The number of nitrogens with one attached hydrogen (secondary N) is 1. The van der Waals surface area contributed by atoms with Crippen LogP contribution in [0.3, 0.4) is 0 Å². The maximum Gasteiger partial charge on any atom is 0.265 e. The van der Waals surface area contributed by atoms with E-state index < -0.39 is 0 Å². The van der Waals surface area contributed by atoms with Gasteiger partial charge in [-0.25, -0.2) is 9.99 Å². The van der Waals surface area contributed by atoms with E-state index in [9.17, 15) is 4.79 Å². The molecule has 0 radical (unpaired) electrons. The van der Waals surface area contributed by atoms with Crippen molar-refractivity contribution in [3.05, 3.63) is 64.4 Å². The largest absolute Gasteiger partial charge is 0.379 e. The first kappa shape index (κ1) is 19.9. The normalized spacial score (nSPS) is 15.0. The van der Waals surface area contributed by atoms with Crippen molar-refractivity contribution in [1.82, 2.24) is 20.0 Å². The van der Waals surface area contributed by atoms with E-state index in [2.05, 4.69) is 16.9 Å². The Labute approximate surface area is 175 Å². The summed E-state index contributed by atoms with van der Waals surface area (Å²) in [4.78, 5) is 17.6. The number of fused-ring (bicyclic) bond motifs is 1. The summed E-state index contributed by atoms with van der Waals surface area (Å²) in [5, 5.41) is 2.64. The van der Waals surface area contributed by atoms with Crippen LogP contribution in [0.1, 0.15) is 35.1 Å². The summed E-state index contributed by atoms with van der Waals surface area (Å²) >= 11 is 6.40. The number of amides is 1. The van der Waals surface area contributed by atoms with Crippen molar-refractivity contribution in [2.24, 2.45) is 0 Å². The lowest BCUT2D eigenvalue weighted by Crippen LogP contribution is -2.48. The van der Waals surface area contributed by atoms with Gasteiger partial charge >= 0.3 is 0 Å². The van der Waals surface area contributed by atoms with E-state index in [1.165, 1.54) is 0 Å². The zero-order chi connectivity index (χ0) is 20.2. The zero-order valence-corrected chi connectivity index (χ0v) is 17.3. The second-order valence-corrected chi connectivity index (χ2v) is 7.61. The van der Waals surface area contributed by atoms with Gasteiger partial charge in [-0.3, -0.25) is 10.2 Å². The fourth-order valence-electron chi connectivity index (χ4n) is 3.59. The Bertz CT molecular complexity index is 1010. The van der Waals surface area contributed by atoms with E-state index in [-0.39, 0.29) is 5.91 Å². The van der Waals surface area contributed by atoms with Crippen LogP contribution in [0.15, 0.2) is 42.5 Å². The topological polar surface area (TPSA) is 59.4 Å². The van der Waals surface area contributed by atoms with Gasteiger partial charge in [0.1, 0.15) is 5.82 Å². The molecule has 0 bridgehead atoms. The highest BCUT2D eigenvalue weighted by Gasteiger charge is 2.17. The lowest BCUT2D eigenvalue weighted by atomic mass is 10.1. The molecule has 2 aromatic carbocycles. The van der Waals surface area contributed by atoms with Crippen molar-refractivity contribution in [1.29, 1.82) is 0 Å². The number of imidazole rings is 1. The Hall–Kier alpha value is -2.41. The summed E-state index contributed by atoms with van der Waals surface area (Å²) in [7, 11) is 0. The van der Waals surface area contributed by atoms with E-state index in [4.69, 9.17) is 21.3 Å². The monoisotopic (exact) mass is 412 g/mol. The van der Waals surface area contributed by atoms with Crippen LogP contribution in [0.25, 0.3) is 11.0 Å². The van der Waals surface area contributed by atoms with E-state index in [0.29, 0.717) is 38.4 Å². The molecule has 7 heteroatoms. The van der Waals surface area contributed by atoms with E-state index >= 15 is 0 Å². The van der Waals surface area contributed by atoms with Crippen LogP contribution < -0.4 is 5.43 Å². The van der Waals surface area contributed by atoms with Crippen LogP contribution in [0.5, 0.6) is 0 Å². The SMILES string of the molecule is CCCc1nc2ccc(C(=O)NN3CCOCC3)cc2n1Cc1ccccc1Cl. The number of ether oxygens (including phenoxy) is 1. The third-order valence-corrected chi connectivity index (χ3v) is 5.49. The Morgan fingerprint density at radius 2 is 2.00 bits per heavy atom. The molecule has 1 fully saturated rings. The molecule has 152 valence electrons.